The van der Waals surface area contributed by atoms with E-state index in [0.717, 1.165) is 33.4 Å². The number of halogens is 5. The molecule has 0 bridgehead atoms. The molecule has 1 N–H and O–H groups in total. The molecular weight excluding hydrogens is 513 g/mol. The van der Waals surface area contributed by atoms with Crippen LogP contribution in [0.5, 0.6) is 0 Å². The van der Waals surface area contributed by atoms with Gasteiger partial charge in [0.2, 0.25) is 0 Å². The van der Waals surface area contributed by atoms with Crippen LogP contribution in [0.4, 0.5) is 22.0 Å². The molecule has 1 aromatic heterocycles. The van der Waals surface area contributed by atoms with E-state index in [1.165, 1.54) is 13.0 Å². The minimum Gasteiger partial charge on any atom is -0.378 e. The third-order valence-corrected chi connectivity index (χ3v) is 9.55. The average molecular weight is 542 g/mol. The Kier molecular flexibility index (Phi) is 5.81. The van der Waals surface area contributed by atoms with Crippen LogP contribution in [-0.4, -0.2) is 33.6 Å². The summed E-state index contributed by atoms with van der Waals surface area (Å²) in [6.07, 6.45) is 3.09. The first-order chi connectivity index (χ1) is 18.4. The van der Waals surface area contributed by atoms with Crippen molar-refractivity contribution < 1.29 is 31.9 Å². The van der Waals surface area contributed by atoms with Crippen LogP contribution < -0.4 is 0 Å². The van der Waals surface area contributed by atoms with E-state index in [4.69, 9.17) is 0 Å². The van der Waals surface area contributed by atoms with E-state index >= 15 is 8.78 Å². The van der Waals surface area contributed by atoms with Gasteiger partial charge in [-0.2, -0.15) is 22.0 Å². The lowest BCUT2D eigenvalue weighted by Gasteiger charge is -2.56. The topological polar surface area (TPSA) is 50.2 Å². The SMILES string of the molecule is C[C@]12CC(c3ccc(-c4cccnc4)cc3)C3=C4CCC(=O)C=C4CC[C@H]3[C@@H]1C=CC2(O)C(F)(F)C(F)(F)F. The Morgan fingerprint density at radius 3 is 2.41 bits per heavy atom. The van der Waals surface area contributed by atoms with Gasteiger partial charge in [-0.1, -0.05) is 48.9 Å². The number of nitrogens with zero attached hydrogens (tertiary/aromatic N) is 1. The maximum Gasteiger partial charge on any atom is 0.456 e. The van der Waals surface area contributed by atoms with E-state index in [9.17, 15) is 23.1 Å². The van der Waals surface area contributed by atoms with Gasteiger partial charge in [0.15, 0.2) is 11.4 Å². The van der Waals surface area contributed by atoms with Gasteiger partial charge in [0, 0.05) is 30.1 Å². The predicted octanol–water partition coefficient (Wildman–Crippen LogP) is 7.35. The molecule has 1 aromatic carbocycles. The van der Waals surface area contributed by atoms with Gasteiger partial charge >= 0.3 is 12.1 Å². The Hall–Kier alpha value is -3.13. The van der Waals surface area contributed by atoms with Crippen LogP contribution in [0.2, 0.25) is 0 Å². The molecule has 3 nitrogen and oxygen atoms in total. The highest BCUT2D eigenvalue weighted by Gasteiger charge is 2.77. The fourth-order valence-electron chi connectivity index (χ4n) is 7.57. The lowest BCUT2D eigenvalue weighted by Crippen LogP contribution is -2.65. The molecule has 204 valence electrons. The molecular formula is C31H28F5NO2. The molecule has 4 aliphatic carbocycles. The molecule has 0 saturated heterocycles. The van der Waals surface area contributed by atoms with Crippen molar-refractivity contribution in [2.75, 3.05) is 0 Å². The van der Waals surface area contributed by atoms with Gasteiger partial charge in [0.25, 0.3) is 0 Å². The average Bonchev–Trinajstić information content (AvgIpc) is 3.19. The lowest BCUT2D eigenvalue weighted by atomic mass is 9.50. The highest BCUT2D eigenvalue weighted by atomic mass is 19.4. The van der Waals surface area contributed by atoms with Crippen molar-refractivity contribution in [1.29, 1.82) is 0 Å². The van der Waals surface area contributed by atoms with E-state index in [2.05, 4.69) is 4.98 Å². The lowest BCUT2D eigenvalue weighted by molar-refractivity contribution is -0.352. The molecule has 0 aliphatic heterocycles. The van der Waals surface area contributed by atoms with Gasteiger partial charge in [-0.05, 0) is 83.6 Å². The smallest absolute Gasteiger partial charge is 0.378 e. The third kappa shape index (κ3) is 3.70. The molecule has 2 unspecified atom stereocenters. The van der Waals surface area contributed by atoms with Gasteiger partial charge in [-0.15, -0.1) is 0 Å². The first-order valence-corrected chi connectivity index (χ1v) is 13.2. The van der Waals surface area contributed by atoms with Crippen LogP contribution in [-0.2, 0) is 4.79 Å². The molecule has 6 rings (SSSR count). The zero-order chi connectivity index (χ0) is 27.8. The van der Waals surface area contributed by atoms with Crippen molar-refractivity contribution in [3.63, 3.8) is 0 Å². The molecule has 1 saturated carbocycles. The molecule has 0 spiro atoms. The van der Waals surface area contributed by atoms with Crippen LogP contribution in [0.3, 0.4) is 0 Å². The molecule has 2 aromatic rings. The number of rotatable bonds is 3. The van der Waals surface area contributed by atoms with Gasteiger partial charge in [0.1, 0.15) is 0 Å². The number of ketones is 1. The maximum absolute atomic E-state index is 15.1. The van der Waals surface area contributed by atoms with Crippen molar-refractivity contribution in [1.82, 2.24) is 4.98 Å². The number of pyridine rings is 1. The second-order valence-corrected chi connectivity index (χ2v) is 11.5. The van der Waals surface area contributed by atoms with E-state index < -0.39 is 35.0 Å². The van der Waals surface area contributed by atoms with Crippen LogP contribution in [0.15, 0.2) is 83.7 Å². The number of carbonyl (C=O) groups is 1. The molecule has 1 fully saturated rings. The van der Waals surface area contributed by atoms with Crippen molar-refractivity contribution in [3.8, 4) is 11.1 Å². The van der Waals surface area contributed by atoms with Crippen molar-refractivity contribution in [3.05, 3.63) is 89.3 Å². The minimum absolute atomic E-state index is 0.0470. The largest absolute Gasteiger partial charge is 0.456 e. The van der Waals surface area contributed by atoms with Crippen molar-refractivity contribution >= 4 is 5.78 Å². The van der Waals surface area contributed by atoms with E-state index in [-0.39, 0.29) is 18.1 Å². The molecule has 1 heterocycles. The highest BCUT2D eigenvalue weighted by molar-refractivity contribution is 5.93. The number of hydrogen-bond donors (Lipinski definition) is 1. The summed E-state index contributed by atoms with van der Waals surface area (Å²) in [6, 6.07) is 11.3. The summed E-state index contributed by atoms with van der Waals surface area (Å²) in [4.78, 5) is 16.3. The van der Waals surface area contributed by atoms with Gasteiger partial charge in [-0.3, -0.25) is 9.78 Å². The molecule has 0 amide bonds. The molecule has 39 heavy (non-hydrogen) atoms. The number of aromatic nitrogens is 1. The summed E-state index contributed by atoms with van der Waals surface area (Å²) >= 11 is 0. The summed E-state index contributed by atoms with van der Waals surface area (Å²) in [7, 11) is 0. The van der Waals surface area contributed by atoms with Gasteiger partial charge < -0.3 is 5.11 Å². The first-order valence-electron chi connectivity index (χ1n) is 13.2. The maximum atomic E-state index is 15.1. The van der Waals surface area contributed by atoms with E-state index in [0.29, 0.717) is 31.8 Å². The van der Waals surface area contributed by atoms with Gasteiger partial charge in [0.05, 0.1) is 0 Å². The van der Waals surface area contributed by atoms with Crippen LogP contribution >= 0.6 is 0 Å². The Morgan fingerprint density at radius 2 is 1.74 bits per heavy atom. The number of allylic oxidation sites excluding steroid dienone is 5. The van der Waals surface area contributed by atoms with Crippen LogP contribution in [0.1, 0.15) is 50.5 Å². The summed E-state index contributed by atoms with van der Waals surface area (Å²) in [5, 5.41) is 11.3. The van der Waals surface area contributed by atoms with Crippen molar-refractivity contribution in [2.24, 2.45) is 17.3 Å². The zero-order valence-electron chi connectivity index (χ0n) is 21.3. The Balaban J connectivity index is 1.50. The fraction of sp³-hybridized carbons (Fsp3) is 0.419. The van der Waals surface area contributed by atoms with Crippen LogP contribution in [0.25, 0.3) is 11.1 Å². The zero-order valence-corrected chi connectivity index (χ0v) is 21.3. The normalized spacial score (nSPS) is 32.4. The second-order valence-electron chi connectivity index (χ2n) is 11.5. The first kappa shape index (κ1) is 26.1. The second kappa shape index (κ2) is 8.68. The quantitative estimate of drug-likeness (QED) is 0.327. The molecule has 0 radical (unpaired) electrons. The number of alkyl halides is 5. The van der Waals surface area contributed by atoms with E-state index in [1.54, 1.807) is 18.5 Å². The number of benzene rings is 1. The van der Waals surface area contributed by atoms with Crippen molar-refractivity contribution in [2.45, 2.75) is 62.6 Å². The molecule has 8 heteroatoms. The highest BCUT2D eigenvalue weighted by Crippen LogP contribution is 2.68. The number of carbonyl (C=O) groups excluding carboxylic acids is 1. The summed E-state index contributed by atoms with van der Waals surface area (Å²) in [6.45, 7) is 1.38. The fourth-order valence-corrected chi connectivity index (χ4v) is 7.57. The van der Waals surface area contributed by atoms with E-state index in [1.807, 2.05) is 36.4 Å². The summed E-state index contributed by atoms with van der Waals surface area (Å²) in [5.41, 5.74) is 0.420. The Labute approximate surface area is 223 Å². The number of fused-ring (bicyclic) bond motifs is 4. The molecule has 5 atom stereocenters. The van der Waals surface area contributed by atoms with Gasteiger partial charge in [-0.25, -0.2) is 0 Å². The Morgan fingerprint density at radius 1 is 1.00 bits per heavy atom. The number of hydrogen-bond acceptors (Lipinski definition) is 3. The Bertz CT molecular complexity index is 1410. The predicted molar refractivity (Wildman–Crippen MR) is 136 cm³/mol. The summed E-state index contributed by atoms with van der Waals surface area (Å²) < 4.78 is 71.1. The monoisotopic (exact) mass is 541 g/mol. The summed E-state index contributed by atoms with van der Waals surface area (Å²) in [5.74, 6) is -6.77. The third-order valence-electron chi connectivity index (χ3n) is 9.55. The molecule has 4 aliphatic rings. The standard InChI is InChI=1S/C31H28F5NO2/c1-28-16-25(19-6-4-18(5-7-19)21-3-2-14-37-17-21)27-23-11-9-22(38)15-20(23)8-10-24(27)26(28)12-13-29(28,39)30(32,33)31(34,35)36/h2-7,12-15,17,24-26,39H,8-11,16H2,1H3/t24-,25?,26-,28-,29?/m0/s1. The minimum atomic E-state index is -5.91. The van der Waals surface area contributed by atoms with Crippen LogP contribution in [0, 0.1) is 17.3 Å². The number of aliphatic hydroxyl groups is 1.